The molecule has 0 aliphatic carbocycles. The van der Waals surface area contributed by atoms with Crippen LogP contribution in [0.3, 0.4) is 0 Å². The molecule has 0 amide bonds. The number of sulfonamides is 1. The van der Waals surface area contributed by atoms with Crippen LogP contribution < -0.4 is 10.0 Å². The van der Waals surface area contributed by atoms with E-state index in [9.17, 15) is 8.42 Å². The Morgan fingerprint density at radius 2 is 1.90 bits per heavy atom. The van der Waals surface area contributed by atoms with Crippen LogP contribution in [0.25, 0.3) is 0 Å². The van der Waals surface area contributed by atoms with Crippen molar-refractivity contribution in [1.82, 2.24) is 9.88 Å². The molecule has 114 valence electrons. The number of rotatable bonds is 7. The summed E-state index contributed by atoms with van der Waals surface area (Å²) in [5, 5.41) is 3.27. The maximum Gasteiger partial charge on any atom is 0.263 e. The molecular formula is C15H21N3O2S. The quantitative estimate of drug-likeness (QED) is 0.772. The minimum Gasteiger partial charge on any atom is -0.352 e. The number of nitrogens with one attached hydrogen (secondary N) is 2. The van der Waals surface area contributed by atoms with Crippen LogP contribution in [0.2, 0.25) is 0 Å². The lowest BCUT2D eigenvalue weighted by molar-refractivity contribution is 0.601. The summed E-state index contributed by atoms with van der Waals surface area (Å²) in [5.41, 5.74) is 1.50. The summed E-state index contributed by atoms with van der Waals surface area (Å²) < 4.78 is 29.1. The van der Waals surface area contributed by atoms with Gasteiger partial charge in [0, 0.05) is 31.2 Å². The van der Waals surface area contributed by atoms with Gasteiger partial charge in [0.2, 0.25) is 0 Å². The molecule has 1 heterocycles. The highest BCUT2D eigenvalue weighted by atomic mass is 32.2. The van der Waals surface area contributed by atoms with Crippen LogP contribution in [0.5, 0.6) is 0 Å². The predicted octanol–water partition coefficient (Wildman–Crippen LogP) is 2.33. The predicted molar refractivity (Wildman–Crippen MR) is 84.7 cm³/mol. The molecular weight excluding hydrogens is 286 g/mol. The Kier molecular flexibility index (Phi) is 5.03. The summed E-state index contributed by atoms with van der Waals surface area (Å²) in [4.78, 5) is 0.280. The fourth-order valence-electron chi connectivity index (χ4n) is 2.01. The van der Waals surface area contributed by atoms with E-state index in [4.69, 9.17) is 0 Å². The van der Waals surface area contributed by atoms with Crippen molar-refractivity contribution in [3.63, 3.8) is 0 Å². The highest BCUT2D eigenvalue weighted by Crippen LogP contribution is 2.18. The number of para-hydroxylation sites is 1. The van der Waals surface area contributed by atoms with Gasteiger partial charge in [0.05, 0.1) is 0 Å². The third-order valence-corrected chi connectivity index (χ3v) is 4.50. The number of aromatic nitrogens is 1. The Morgan fingerprint density at radius 1 is 1.19 bits per heavy atom. The Morgan fingerprint density at radius 3 is 2.57 bits per heavy atom. The summed E-state index contributed by atoms with van der Waals surface area (Å²) in [6.45, 7) is 3.67. The molecule has 6 heteroatoms. The highest BCUT2D eigenvalue weighted by Gasteiger charge is 2.17. The molecule has 0 aliphatic heterocycles. The molecule has 0 atom stereocenters. The topological polar surface area (TPSA) is 63.1 Å². The number of hydrogen-bond donors (Lipinski definition) is 2. The van der Waals surface area contributed by atoms with Gasteiger partial charge in [-0.15, -0.1) is 0 Å². The molecule has 2 aromatic rings. The fraction of sp³-hybridized carbons (Fsp3) is 0.333. The molecule has 5 nitrogen and oxygen atoms in total. The zero-order valence-electron chi connectivity index (χ0n) is 12.3. The van der Waals surface area contributed by atoms with Crippen LogP contribution in [0.4, 0.5) is 5.69 Å². The van der Waals surface area contributed by atoms with Crippen LogP contribution >= 0.6 is 0 Å². The number of nitrogens with zero attached hydrogens (tertiary/aromatic N) is 1. The van der Waals surface area contributed by atoms with E-state index in [0.29, 0.717) is 12.2 Å². The van der Waals surface area contributed by atoms with Crippen molar-refractivity contribution in [1.29, 1.82) is 0 Å². The van der Waals surface area contributed by atoms with Crippen LogP contribution in [-0.2, 0) is 23.6 Å². The normalized spacial score (nSPS) is 11.5. The molecule has 1 aromatic heterocycles. The van der Waals surface area contributed by atoms with Gasteiger partial charge >= 0.3 is 0 Å². The molecule has 0 saturated heterocycles. The maximum absolute atomic E-state index is 12.4. The first-order valence-corrected chi connectivity index (χ1v) is 8.45. The number of hydrogen-bond acceptors (Lipinski definition) is 3. The van der Waals surface area contributed by atoms with E-state index >= 15 is 0 Å². The minimum atomic E-state index is -3.54. The van der Waals surface area contributed by atoms with Gasteiger partial charge in [-0.1, -0.05) is 25.1 Å². The lowest BCUT2D eigenvalue weighted by Gasteiger charge is -2.05. The SMILES string of the molecule is CCCNCc1cc(S(=O)(=O)Nc2ccccc2)cn1C. The summed E-state index contributed by atoms with van der Waals surface area (Å²) in [5.74, 6) is 0. The van der Waals surface area contributed by atoms with E-state index in [0.717, 1.165) is 18.7 Å². The minimum absolute atomic E-state index is 0.280. The molecule has 21 heavy (non-hydrogen) atoms. The summed E-state index contributed by atoms with van der Waals surface area (Å²) in [6.07, 6.45) is 2.68. The second-order valence-electron chi connectivity index (χ2n) is 4.93. The van der Waals surface area contributed by atoms with E-state index in [1.165, 1.54) is 0 Å². The molecule has 0 unspecified atom stereocenters. The van der Waals surface area contributed by atoms with Crippen LogP contribution in [0, 0.1) is 0 Å². The van der Waals surface area contributed by atoms with E-state index < -0.39 is 10.0 Å². The van der Waals surface area contributed by atoms with E-state index in [1.54, 1.807) is 36.5 Å². The Labute approximate surface area is 126 Å². The molecule has 2 rings (SSSR count). The fourth-order valence-corrected chi connectivity index (χ4v) is 3.17. The van der Waals surface area contributed by atoms with E-state index in [-0.39, 0.29) is 4.90 Å². The van der Waals surface area contributed by atoms with Crippen molar-refractivity contribution < 1.29 is 8.42 Å². The second-order valence-corrected chi connectivity index (χ2v) is 6.61. The van der Waals surface area contributed by atoms with Gasteiger partial charge in [0.1, 0.15) is 4.90 Å². The van der Waals surface area contributed by atoms with Crippen LogP contribution in [0.15, 0.2) is 47.5 Å². The van der Waals surface area contributed by atoms with Crippen molar-refractivity contribution in [2.45, 2.75) is 24.8 Å². The third-order valence-electron chi connectivity index (χ3n) is 3.15. The van der Waals surface area contributed by atoms with Crippen LogP contribution in [-0.4, -0.2) is 19.5 Å². The van der Waals surface area contributed by atoms with Crippen LogP contribution in [0.1, 0.15) is 19.0 Å². The first-order valence-electron chi connectivity index (χ1n) is 6.97. The molecule has 0 aliphatic rings. The lowest BCUT2D eigenvalue weighted by atomic mass is 10.3. The summed E-state index contributed by atoms with van der Waals surface area (Å²) in [7, 11) is -1.69. The van der Waals surface area contributed by atoms with Crippen molar-refractivity contribution in [3.05, 3.63) is 48.3 Å². The first-order chi connectivity index (χ1) is 10.0. The van der Waals surface area contributed by atoms with E-state index in [1.807, 2.05) is 17.7 Å². The molecule has 2 N–H and O–H groups in total. The molecule has 0 fully saturated rings. The van der Waals surface area contributed by atoms with Crippen molar-refractivity contribution in [2.24, 2.45) is 7.05 Å². The Balaban J connectivity index is 2.15. The molecule has 0 saturated carbocycles. The molecule has 0 radical (unpaired) electrons. The zero-order valence-corrected chi connectivity index (χ0v) is 13.2. The smallest absolute Gasteiger partial charge is 0.263 e. The average Bonchev–Trinajstić information content (AvgIpc) is 2.82. The van der Waals surface area contributed by atoms with Gasteiger partial charge < -0.3 is 9.88 Å². The number of anilines is 1. The summed E-state index contributed by atoms with van der Waals surface area (Å²) >= 11 is 0. The summed E-state index contributed by atoms with van der Waals surface area (Å²) in [6, 6.07) is 10.6. The third kappa shape index (κ3) is 4.09. The number of aryl methyl sites for hydroxylation is 1. The second kappa shape index (κ2) is 6.78. The van der Waals surface area contributed by atoms with E-state index in [2.05, 4.69) is 17.0 Å². The highest BCUT2D eigenvalue weighted by molar-refractivity contribution is 7.92. The van der Waals surface area contributed by atoms with Gasteiger partial charge in [0.25, 0.3) is 10.0 Å². The van der Waals surface area contributed by atoms with Gasteiger partial charge in [0.15, 0.2) is 0 Å². The monoisotopic (exact) mass is 307 g/mol. The van der Waals surface area contributed by atoms with Gasteiger partial charge in [-0.25, -0.2) is 8.42 Å². The first kappa shape index (κ1) is 15.6. The Bertz CT molecular complexity index is 678. The average molecular weight is 307 g/mol. The van der Waals surface area contributed by atoms with Gasteiger partial charge in [-0.05, 0) is 31.2 Å². The largest absolute Gasteiger partial charge is 0.352 e. The molecule has 1 aromatic carbocycles. The molecule has 0 bridgehead atoms. The van der Waals surface area contributed by atoms with Crippen molar-refractivity contribution >= 4 is 15.7 Å². The zero-order chi connectivity index (χ0) is 15.3. The van der Waals surface area contributed by atoms with Crippen molar-refractivity contribution in [2.75, 3.05) is 11.3 Å². The standard InChI is InChI=1S/C15H21N3O2S/c1-3-9-16-11-14-10-15(12-18(14)2)21(19,20)17-13-7-5-4-6-8-13/h4-8,10,12,16-17H,3,9,11H2,1-2H3. The lowest BCUT2D eigenvalue weighted by Crippen LogP contribution is -2.15. The maximum atomic E-state index is 12.4. The Hall–Kier alpha value is -1.79. The van der Waals surface area contributed by atoms with Gasteiger partial charge in [-0.2, -0.15) is 0 Å². The van der Waals surface area contributed by atoms with Crippen molar-refractivity contribution in [3.8, 4) is 0 Å². The molecule has 0 spiro atoms. The number of benzene rings is 1. The van der Waals surface area contributed by atoms with Gasteiger partial charge in [-0.3, -0.25) is 4.72 Å².